The van der Waals surface area contributed by atoms with Crippen LogP contribution in [-0.4, -0.2) is 48.9 Å². The monoisotopic (exact) mass is 448 g/mol. The number of benzene rings is 1. The molecule has 1 aromatic heterocycles. The van der Waals surface area contributed by atoms with Gasteiger partial charge in [0, 0.05) is 11.3 Å². The average Bonchev–Trinajstić information content (AvgIpc) is 3.10. The lowest BCUT2D eigenvalue weighted by Gasteiger charge is -2.35. The first-order valence-electron chi connectivity index (χ1n) is 9.77. The summed E-state index contributed by atoms with van der Waals surface area (Å²) in [6.07, 6.45) is 1.05. The smallest absolute Gasteiger partial charge is 0.387 e. The number of nitrogens with two attached hydrogens (primary N) is 1. The van der Waals surface area contributed by atoms with E-state index in [4.69, 9.17) is 19.9 Å². The molecule has 2 aliphatic heterocycles. The fraction of sp³-hybridized carbons (Fsp3) is 0.381. The number of aromatic nitrogens is 1. The van der Waals surface area contributed by atoms with E-state index in [2.05, 4.69) is 20.0 Å². The van der Waals surface area contributed by atoms with Gasteiger partial charge in [-0.15, -0.1) is 0 Å². The van der Waals surface area contributed by atoms with Crippen LogP contribution < -0.4 is 20.5 Å². The van der Waals surface area contributed by atoms with Gasteiger partial charge in [0.25, 0.3) is 11.9 Å². The zero-order valence-electron chi connectivity index (χ0n) is 17.4. The van der Waals surface area contributed by atoms with Gasteiger partial charge in [-0.05, 0) is 44.2 Å². The molecule has 0 fully saturated rings. The third-order valence-corrected chi connectivity index (χ3v) is 4.89. The van der Waals surface area contributed by atoms with Crippen molar-refractivity contribution in [1.29, 1.82) is 0 Å². The zero-order chi connectivity index (χ0) is 22.9. The fourth-order valence-electron chi connectivity index (χ4n) is 3.49. The quantitative estimate of drug-likeness (QED) is 0.738. The first kappa shape index (κ1) is 21.8. The molecule has 170 valence electrons. The molecule has 32 heavy (non-hydrogen) atoms. The van der Waals surface area contributed by atoms with Crippen LogP contribution in [0.1, 0.15) is 29.9 Å². The first-order valence-corrected chi connectivity index (χ1v) is 9.77. The maximum Gasteiger partial charge on any atom is 0.387 e. The number of amides is 1. The van der Waals surface area contributed by atoms with Gasteiger partial charge < -0.3 is 30.0 Å². The topological polar surface area (TPSA) is 117 Å². The third-order valence-electron chi connectivity index (χ3n) is 4.89. The molecule has 0 saturated heterocycles. The molecule has 2 aliphatic rings. The Balaban J connectivity index is 1.62. The van der Waals surface area contributed by atoms with E-state index in [0.29, 0.717) is 23.6 Å². The van der Waals surface area contributed by atoms with Gasteiger partial charge in [0.05, 0.1) is 19.4 Å². The second kappa shape index (κ2) is 8.23. The highest BCUT2D eigenvalue weighted by Crippen LogP contribution is 2.41. The normalized spacial score (nSPS) is 21.6. The summed E-state index contributed by atoms with van der Waals surface area (Å²) in [6.45, 7) is 1.57. The molecule has 0 radical (unpaired) electrons. The molecule has 1 spiro atoms. The second-order valence-electron chi connectivity index (χ2n) is 8.05. The average molecular weight is 448 g/mol. The van der Waals surface area contributed by atoms with E-state index in [1.54, 1.807) is 18.2 Å². The lowest BCUT2D eigenvalue weighted by molar-refractivity contribution is -0.0500. The summed E-state index contributed by atoms with van der Waals surface area (Å²) < 4.78 is 46.2. The number of fused-ring (bicyclic) bond motifs is 2. The molecule has 2 aromatic rings. The standard InChI is InChI=1S/C21H22F2N4O5/c1-20(2)9-29-10-21(11-30-19(24)27-21)14-7-12(3-6-16(14)32-20)26-17(28)15-5-4-13(8-25-15)31-18(22)23/h3-8,18H,9-11H2,1-2H3,(H2,24,27)(H,26,28). The van der Waals surface area contributed by atoms with Gasteiger partial charge in [0.15, 0.2) is 5.54 Å². The van der Waals surface area contributed by atoms with Crippen molar-refractivity contribution in [2.24, 2.45) is 10.7 Å². The van der Waals surface area contributed by atoms with Crippen molar-refractivity contribution in [3.8, 4) is 11.5 Å². The van der Waals surface area contributed by atoms with Crippen molar-refractivity contribution in [2.45, 2.75) is 31.6 Å². The van der Waals surface area contributed by atoms with Crippen molar-refractivity contribution in [3.05, 3.63) is 47.8 Å². The van der Waals surface area contributed by atoms with Crippen LogP contribution in [0.5, 0.6) is 11.5 Å². The maximum atomic E-state index is 12.6. The number of ether oxygens (including phenoxy) is 4. The molecule has 1 unspecified atom stereocenters. The summed E-state index contributed by atoms with van der Waals surface area (Å²) >= 11 is 0. The lowest BCUT2D eigenvalue weighted by Crippen LogP contribution is -2.42. The van der Waals surface area contributed by atoms with Gasteiger partial charge in [0.1, 0.15) is 29.4 Å². The number of alkyl halides is 2. The molecular weight excluding hydrogens is 426 g/mol. The van der Waals surface area contributed by atoms with Crippen molar-refractivity contribution in [2.75, 3.05) is 25.1 Å². The number of carbonyl (C=O) groups is 1. The first-order chi connectivity index (χ1) is 15.2. The zero-order valence-corrected chi connectivity index (χ0v) is 17.4. The number of amidine groups is 1. The summed E-state index contributed by atoms with van der Waals surface area (Å²) in [4.78, 5) is 20.9. The van der Waals surface area contributed by atoms with E-state index in [1.165, 1.54) is 12.1 Å². The number of pyridine rings is 1. The predicted molar refractivity (Wildman–Crippen MR) is 110 cm³/mol. The molecule has 0 saturated carbocycles. The molecule has 1 atom stereocenters. The Kier molecular flexibility index (Phi) is 5.59. The van der Waals surface area contributed by atoms with E-state index in [1.807, 2.05) is 13.8 Å². The molecule has 1 aromatic carbocycles. The molecule has 11 heteroatoms. The Hall–Kier alpha value is -3.47. The van der Waals surface area contributed by atoms with Gasteiger partial charge in [-0.2, -0.15) is 8.78 Å². The Morgan fingerprint density at radius 2 is 2.03 bits per heavy atom. The number of carbonyl (C=O) groups excluding carboxylic acids is 1. The molecular formula is C21H22F2N4O5. The minimum absolute atomic E-state index is 0.0280. The Morgan fingerprint density at radius 3 is 2.69 bits per heavy atom. The molecule has 3 heterocycles. The Labute approximate surface area is 182 Å². The van der Waals surface area contributed by atoms with Crippen LogP contribution in [0.25, 0.3) is 0 Å². The van der Waals surface area contributed by atoms with Crippen molar-refractivity contribution < 1.29 is 32.5 Å². The predicted octanol–water partition coefficient (Wildman–Crippen LogP) is 2.66. The number of aliphatic imine (C=N–C) groups is 1. The van der Waals surface area contributed by atoms with Crippen LogP contribution in [0, 0.1) is 0 Å². The Morgan fingerprint density at radius 1 is 1.22 bits per heavy atom. The van der Waals surface area contributed by atoms with E-state index in [0.717, 1.165) is 6.20 Å². The van der Waals surface area contributed by atoms with Crippen LogP contribution in [0.4, 0.5) is 14.5 Å². The van der Waals surface area contributed by atoms with Crippen molar-refractivity contribution >= 4 is 17.6 Å². The van der Waals surface area contributed by atoms with Crippen molar-refractivity contribution in [3.63, 3.8) is 0 Å². The largest absolute Gasteiger partial charge is 0.485 e. The van der Waals surface area contributed by atoms with Crippen LogP contribution in [0.15, 0.2) is 41.5 Å². The number of halogens is 2. The number of hydrogen-bond acceptors (Lipinski definition) is 8. The highest BCUT2D eigenvalue weighted by Gasteiger charge is 2.43. The van der Waals surface area contributed by atoms with Gasteiger partial charge in [-0.3, -0.25) is 4.79 Å². The molecule has 1 amide bonds. The summed E-state index contributed by atoms with van der Waals surface area (Å²) in [5.41, 5.74) is 5.41. The number of anilines is 1. The summed E-state index contributed by atoms with van der Waals surface area (Å²) in [5, 5.41) is 2.74. The SMILES string of the molecule is CC1(C)COCC2(COC(N)=N2)c2cc(NC(=O)c3ccc(OC(F)F)cn3)ccc2O1. The molecule has 0 aliphatic carbocycles. The number of rotatable bonds is 4. The van der Waals surface area contributed by atoms with Gasteiger partial charge in [-0.1, -0.05) is 0 Å². The fourth-order valence-corrected chi connectivity index (χ4v) is 3.49. The summed E-state index contributed by atoms with van der Waals surface area (Å²) in [6, 6.07) is 7.71. The van der Waals surface area contributed by atoms with E-state index < -0.39 is 23.7 Å². The second-order valence-corrected chi connectivity index (χ2v) is 8.05. The molecule has 3 N–H and O–H groups in total. The number of nitrogens with zero attached hydrogens (tertiary/aromatic N) is 2. The number of nitrogens with one attached hydrogen (secondary N) is 1. The summed E-state index contributed by atoms with van der Waals surface area (Å²) in [5.74, 6) is -0.0994. The Bertz CT molecular complexity index is 1040. The van der Waals surface area contributed by atoms with E-state index in [9.17, 15) is 13.6 Å². The minimum Gasteiger partial charge on any atom is -0.485 e. The highest BCUT2D eigenvalue weighted by atomic mass is 19.3. The third kappa shape index (κ3) is 4.57. The number of hydrogen-bond donors (Lipinski definition) is 2. The molecule has 4 rings (SSSR count). The van der Waals surface area contributed by atoms with Gasteiger partial charge in [-0.25, -0.2) is 9.98 Å². The lowest BCUT2D eigenvalue weighted by atomic mass is 9.90. The maximum absolute atomic E-state index is 12.6. The van der Waals surface area contributed by atoms with Crippen LogP contribution >= 0.6 is 0 Å². The van der Waals surface area contributed by atoms with Gasteiger partial charge in [0.2, 0.25) is 0 Å². The molecule has 9 nitrogen and oxygen atoms in total. The highest BCUT2D eigenvalue weighted by molar-refractivity contribution is 6.03. The van der Waals surface area contributed by atoms with Crippen LogP contribution in [-0.2, 0) is 15.0 Å². The van der Waals surface area contributed by atoms with Gasteiger partial charge >= 0.3 is 6.61 Å². The van der Waals surface area contributed by atoms with Crippen LogP contribution in [0.2, 0.25) is 0 Å². The minimum atomic E-state index is -2.97. The van der Waals surface area contributed by atoms with Crippen LogP contribution in [0.3, 0.4) is 0 Å². The summed E-state index contributed by atoms with van der Waals surface area (Å²) in [7, 11) is 0. The molecule has 0 bridgehead atoms. The van der Waals surface area contributed by atoms with E-state index in [-0.39, 0.29) is 30.7 Å². The van der Waals surface area contributed by atoms with E-state index >= 15 is 0 Å². The van der Waals surface area contributed by atoms with Crippen molar-refractivity contribution in [1.82, 2.24) is 4.98 Å².